The van der Waals surface area contributed by atoms with Crippen LogP contribution < -0.4 is 10.1 Å². The van der Waals surface area contributed by atoms with Crippen LogP contribution >= 0.6 is 11.8 Å². The molecule has 0 saturated heterocycles. The molecule has 2 aromatic carbocycles. The molecule has 2 aromatic rings. The normalized spacial score (nSPS) is 11.0. The van der Waals surface area contributed by atoms with Gasteiger partial charge in [-0.05, 0) is 53.8 Å². The molecule has 0 spiro atoms. The SMILES string of the molecule is C=C(S/C=C(\C)Cc1cc(C)c(NC)cc1OC)c1ccc(C(C)C)cc1.CC. The van der Waals surface area contributed by atoms with Gasteiger partial charge in [-0.2, -0.15) is 0 Å². The van der Waals surface area contributed by atoms with E-state index < -0.39 is 0 Å². The second-order valence-corrected chi connectivity index (χ2v) is 8.15. The summed E-state index contributed by atoms with van der Waals surface area (Å²) >= 11 is 1.69. The minimum Gasteiger partial charge on any atom is -0.496 e. The van der Waals surface area contributed by atoms with Gasteiger partial charge >= 0.3 is 0 Å². The Bertz CT molecular complexity index is 819. The van der Waals surface area contributed by atoms with Crippen molar-refractivity contribution in [2.24, 2.45) is 0 Å². The zero-order valence-electron chi connectivity index (χ0n) is 19.3. The summed E-state index contributed by atoms with van der Waals surface area (Å²) in [5, 5.41) is 5.40. The molecule has 0 aliphatic heterocycles. The molecule has 0 aliphatic carbocycles. The molecule has 29 heavy (non-hydrogen) atoms. The summed E-state index contributed by atoms with van der Waals surface area (Å²) < 4.78 is 5.58. The van der Waals surface area contributed by atoms with E-state index in [1.165, 1.54) is 27.8 Å². The van der Waals surface area contributed by atoms with Gasteiger partial charge in [0.15, 0.2) is 0 Å². The van der Waals surface area contributed by atoms with Gasteiger partial charge in [0.25, 0.3) is 0 Å². The number of rotatable bonds is 8. The highest BCUT2D eigenvalue weighted by molar-refractivity contribution is 8.10. The van der Waals surface area contributed by atoms with E-state index in [2.05, 4.69) is 81.4 Å². The van der Waals surface area contributed by atoms with Crippen molar-refractivity contribution in [3.63, 3.8) is 0 Å². The van der Waals surface area contributed by atoms with Crippen LogP contribution in [0.15, 0.2) is 54.0 Å². The van der Waals surface area contributed by atoms with Gasteiger partial charge in [-0.1, -0.05) is 81.9 Å². The third-order valence-electron chi connectivity index (χ3n) is 4.67. The highest BCUT2D eigenvalue weighted by Gasteiger charge is 2.08. The van der Waals surface area contributed by atoms with Crippen molar-refractivity contribution >= 4 is 22.4 Å². The highest BCUT2D eigenvalue weighted by atomic mass is 32.2. The van der Waals surface area contributed by atoms with E-state index in [0.717, 1.165) is 22.8 Å². The quantitative estimate of drug-likeness (QED) is 0.475. The minimum atomic E-state index is 0.551. The fourth-order valence-electron chi connectivity index (χ4n) is 2.98. The van der Waals surface area contributed by atoms with Crippen molar-refractivity contribution in [2.45, 2.75) is 53.9 Å². The van der Waals surface area contributed by atoms with Gasteiger partial charge in [0.05, 0.1) is 7.11 Å². The number of thioether (sulfide) groups is 1. The molecule has 1 N–H and O–H groups in total. The summed E-state index contributed by atoms with van der Waals surface area (Å²) in [4.78, 5) is 1.07. The zero-order chi connectivity index (χ0) is 22.0. The lowest BCUT2D eigenvalue weighted by Crippen LogP contribution is -1.98. The molecule has 0 aliphatic rings. The Morgan fingerprint density at radius 2 is 1.79 bits per heavy atom. The van der Waals surface area contributed by atoms with Gasteiger partial charge in [-0.15, -0.1) is 0 Å². The van der Waals surface area contributed by atoms with Crippen LogP contribution in [0.4, 0.5) is 5.69 Å². The van der Waals surface area contributed by atoms with Gasteiger partial charge < -0.3 is 10.1 Å². The van der Waals surface area contributed by atoms with E-state index in [4.69, 9.17) is 4.74 Å². The van der Waals surface area contributed by atoms with E-state index in [9.17, 15) is 0 Å². The van der Waals surface area contributed by atoms with E-state index in [1.54, 1.807) is 18.9 Å². The summed E-state index contributed by atoms with van der Waals surface area (Å²) in [6.45, 7) is 16.9. The predicted octanol–water partition coefficient (Wildman–Crippen LogP) is 8.05. The van der Waals surface area contributed by atoms with Gasteiger partial charge in [-0.3, -0.25) is 0 Å². The molecule has 0 amide bonds. The number of hydrogen-bond donors (Lipinski definition) is 1. The maximum Gasteiger partial charge on any atom is 0.124 e. The summed E-state index contributed by atoms with van der Waals surface area (Å²) in [5.41, 5.74) is 7.36. The molecule has 0 saturated carbocycles. The Hall–Kier alpha value is -2.13. The van der Waals surface area contributed by atoms with E-state index in [1.807, 2.05) is 20.9 Å². The van der Waals surface area contributed by atoms with Crippen molar-refractivity contribution in [3.8, 4) is 5.75 Å². The van der Waals surface area contributed by atoms with Crippen LogP contribution in [0.1, 0.15) is 62.8 Å². The van der Waals surface area contributed by atoms with Gasteiger partial charge in [0.2, 0.25) is 0 Å². The first-order chi connectivity index (χ1) is 13.8. The Morgan fingerprint density at radius 3 is 2.31 bits per heavy atom. The summed E-state index contributed by atoms with van der Waals surface area (Å²) in [6.07, 6.45) is 0.862. The molecule has 158 valence electrons. The predicted molar refractivity (Wildman–Crippen MR) is 133 cm³/mol. The van der Waals surface area contributed by atoms with Crippen molar-refractivity contribution in [3.05, 3.63) is 76.2 Å². The monoisotopic (exact) mass is 411 g/mol. The smallest absolute Gasteiger partial charge is 0.124 e. The highest BCUT2D eigenvalue weighted by Crippen LogP contribution is 2.32. The number of aryl methyl sites for hydroxylation is 1. The zero-order valence-corrected chi connectivity index (χ0v) is 20.2. The second-order valence-electron chi connectivity index (χ2n) is 7.19. The van der Waals surface area contributed by atoms with Gasteiger partial charge in [0, 0.05) is 23.7 Å². The molecular formula is C26H37NOS. The molecule has 0 radical (unpaired) electrons. The Labute approximate surface area is 182 Å². The van der Waals surface area contributed by atoms with Crippen molar-refractivity contribution < 1.29 is 4.74 Å². The summed E-state index contributed by atoms with van der Waals surface area (Å²) in [5.74, 6) is 1.47. The Kier molecular flexibility index (Phi) is 10.7. The Balaban J connectivity index is 0.00000204. The summed E-state index contributed by atoms with van der Waals surface area (Å²) in [6, 6.07) is 13.0. The van der Waals surface area contributed by atoms with Crippen LogP contribution in [0.2, 0.25) is 0 Å². The van der Waals surface area contributed by atoms with Gasteiger partial charge in [-0.25, -0.2) is 0 Å². The van der Waals surface area contributed by atoms with Crippen molar-refractivity contribution in [1.29, 1.82) is 0 Å². The van der Waals surface area contributed by atoms with E-state index >= 15 is 0 Å². The molecule has 0 atom stereocenters. The van der Waals surface area contributed by atoms with Crippen molar-refractivity contribution in [1.82, 2.24) is 0 Å². The molecular weight excluding hydrogens is 374 g/mol. The fraction of sp³-hybridized carbons (Fsp3) is 0.385. The number of ether oxygens (including phenoxy) is 1. The third-order valence-corrected chi connectivity index (χ3v) is 5.71. The number of nitrogens with one attached hydrogen (secondary N) is 1. The minimum absolute atomic E-state index is 0.551. The largest absolute Gasteiger partial charge is 0.496 e. The second kappa shape index (κ2) is 12.4. The number of hydrogen-bond acceptors (Lipinski definition) is 3. The molecule has 0 bridgehead atoms. The van der Waals surface area contributed by atoms with Gasteiger partial charge in [0.1, 0.15) is 5.75 Å². The lowest BCUT2D eigenvalue weighted by molar-refractivity contribution is 0.410. The molecule has 2 rings (SSSR count). The lowest BCUT2D eigenvalue weighted by atomic mass is 10.0. The average molecular weight is 412 g/mol. The van der Waals surface area contributed by atoms with Crippen LogP contribution in [0.5, 0.6) is 5.75 Å². The van der Waals surface area contributed by atoms with E-state index in [-0.39, 0.29) is 0 Å². The first-order valence-corrected chi connectivity index (χ1v) is 11.2. The maximum atomic E-state index is 5.58. The maximum absolute atomic E-state index is 5.58. The van der Waals surface area contributed by atoms with Crippen LogP contribution in [0.3, 0.4) is 0 Å². The lowest BCUT2D eigenvalue weighted by Gasteiger charge is -2.14. The first kappa shape index (κ1) is 24.9. The van der Waals surface area contributed by atoms with Crippen LogP contribution in [0.25, 0.3) is 4.91 Å². The van der Waals surface area contributed by atoms with Crippen LogP contribution in [-0.2, 0) is 6.42 Å². The standard InChI is InChI=1S/C24H31NOS.C2H6/c1-16(2)20-8-10-21(11-9-20)19(5)27-15-17(3)12-22-13-18(4)23(25-6)14-24(22)26-7;1-2/h8-11,13-16,25H,5,12H2,1-4,6-7H3;1-2H3/b17-15+;. The van der Waals surface area contributed by atoms with Crippen LogP contribution in [0, 0.1) is 6.92 Å². The van der Waals surface area contributed by atoms with Crippen molar-refractivity contribution in [2.75, 3.05) is 19.5 Å². The topological polar surface area (TPSA) is 21.3 Å². The molecule has 3 heteroatoms. The van der Waals surface area contributed by atoms with Crippen LogP contribution in [-0.4, -0.2) is 14.2 Å². The first-order valence-electron chi connectivity index (χ1n) is 10.3. The molecule has 0 fully saturated rings. The Morgan fingerprint density at radius 1 is 1.17 bits per heavy atom. The molecule has 0 aromatic heterocycles. The molecule has 0 unspecified atom stereocenters. The number of anilines is 1. The number of allylic oxidation sites excluding steroid dienone is 1. The average Bonchev–Trinajstić information content (AvgIpc) is 2.73. The van der Waals surface area contributed by atoms with E-state index in [0.29, 0.717) is 5.92 Å². The molecule has 0 heterocycles. The third kappa shape index (κ3) is 7.32. The number of methoxy groups -OCH3 is 1. The fourth-order valence-corrected chi connectivity index (χ4v) is 3.68. The number of benzene rings is 2. The molecule has 2 nitrogen and oxygen atoms in total. The summed E-state index contributed by atoms with van der Waals surface area (Å²) in [7, 11) is 3.66.